The molecule has 0 atom stereocenters. The van der Waals surface area contributed by atoms with Gasteiger partial charge in [-0.15, -0.1) is 0 Å². The number of nitrogens with zero attached hydrogens (tertiary/aromatic N) is 4. The van der Waals surface area contributed by atoms with Gasteiger partial charge in [-0.05, 0) is 23.1 Å². The van der Waals surface area contributed by atoms with E-state index in [1.807, 2.05) is 12.1 Å². The van der Waals surface area contributed by atoms with E-state index in [2.05, 4.69) is 238 Å². The number of rotatable bonds is 6. The third-order valence-electron chi connectivity index (χ3n) is 14.7. The van der Waals surface area contributed by atoms with Crippen molar-refractivity contribution in [2.45, 2.75) is 0 Å². The van der Waals surface area contributed by atoms with Crippen LogP contribution in [0.3, 0.4) is 0 Å². The second-order valence-electron chi connectivity index (χ2n) is 18.2. The van der Waals surface area contributed by atoms with Crippen molar-refractivity contribution in [3.8, 4) is 34.4 Å². The van der Waals surface area contributed by atoms with Gasteiger partial charge in [0, 0.05) is 5.46 Å². The molecule has 10 aromatic carbocycles. The van der Waals surface area contributed by atoms with Gasteiger partial charge in [0.05, 0.1) is 0 Å². The Balaban J connectivity index is 0.963. The molecule has 0 saturated heterocycles. The number of aromatic nitrogens is 4. The van der Waals surface area contributed by atoms with Crippen LogP contribution < -0.4 is 43.4 Å². The number of benzene rings is 10. The number of ether oxygens (including phenoxy) is 2. The van der Waals surface area contributed by atoms with Gasteiger partial charge in [-0.1, -0.05) is 42.5 Å². The first-order chi connectivity index (χ1) is 34.2. The fraction of sp³-hybridized carbons (Fsp3) is 0. The summed E-state index contributed by atoms with van der Waals surface area (Å²) in [6.45, 7) is -0.00570. The Hall–Kier alpha value is -8.52. The monoisotopic (exact) mass is 944 g/mol. The fourth-order valence-corrected chi connectivity index (χ4v) is 21.9. The Morgan fingerprint density at radius 1 is 0.377 bits per heavy atom. The zero-order chi connectivity index (χ0) is 45.2. The maximum atomic E-state index is 6.79. The van der Waals surface area contributed by atoms with Crippen LogP contribution in [0.15, 0.2) is 237 Å². The van der Waals surface area contributed by atoms with E-state index in [0.29, 0.717) is 0 Å². The maximum absolute atomic E-state index is 6.79. The zero-order valence-electron chi connectivity index (χ0n) is 37.2. The molecule has 8 heteroatoms. The summed E-state index contributed by atoms with van der Waals surface area (Å²) in [5.41, 5.74) is 11.6. The van der Waals surface area contributed by atoms with E-state index in [4.69, 9.17) is 14.5 Å². The summed E-state index contributed by atoms with van der Waals surface area (Å²) in [6.07, 6.45) is 0. The molecule has 0 spiro atoms. The molecule has 0 aliphatic carbocycles. The van der Waals surface area contributed by atoms with Gasteiger partial charge in [0.25, 0.3) is 6.71 Å². The number of para-hydroxylation sites is 6. The van der Waals surface area contributed by atoms with Gasteiger partial charge >= 0.3 is 292 Å². The second-order valence-corrected chi connectivity index (χ2v) is 26.2. The van der Waals surface area contributed by atoms with Gasteiger partial charge in [0.2, 0.25) is 0 Å². The number of fused-ring (bicyclic) bond motifs is 12. The van der Waals surface area contributed by atoms with Crippen LogP contribution in [0.25, 0.3) is 61.0 Å². The molecule has 0 unspecified atom stereocenters. The van der Waals surface area contributed by atoms with Crippen molar-refractivity contribution in [2.75, 3.05) is 0 Å². The summed E-state index contributed by atoms with van der Waals surface area (Å²) in [5, 5.41) is 2.43. The van der Waals surface area contributed by atoms with Gasteiger partial charge in [-0.2, -0.15) is 0 Å². The Morgan fingerprint density at radius 3 is 1.54 bits per heavy atom. The summed E-state index contributed by atoms with van der Waals surface area (Å²) >= 11 is -3.57. The Kier molecular flexibility index (Phi) is 8.24. The molecule has 13 aromatic rings. The minimum absolute atomic E-state index is 0.00570. The molecule has 2 aliphatic heterocycles. The predicted molar refractivity (Wildman–Crippen MR) is 285 cm³/mol. The first-order valence-electron chi connectivity index (χ1n) is 23.6. The zero-order valence-corrected chi connectivity index (χ0v) is 39.3. The molecule has 0 N–H and O–H groups in total. The van der Waals surface area contributed by atoms with Crippen molar-refractivity contribution in [1.29, 1.82) is 0 Å². The van der Waals surface area contributed by atoms with Crippen molar-refractivity contribution in [3.05, 3.63) is 237 Å². The summed E-state index contributed by atoms with van der Waals surface area (Å²) in [6, 6.07) is 86.1. The van der Waals surface area contributed by atoms with Crippen molar-refractivity contribution < 1.29 is 9.47 Å². The molecule has 0 bridgehead atoms. The standard InChI is InChI=1S/C61H39BGeN4O2/c1-4-19-40(20-5-1)63(41-21-6-2-7-22-41,42-23-8-3-9-24-42)43-35-36-50-46(37-43)45-25-10-13-28-49(45)66(50)53-31-18-32-54-60(53)64-61-65(51-29-14-15-30-52(51)67(54)61)44-38-57-59-58(39-44)69-56-34-17-12-27-48(56)62(59)47-26-11-16-33-55(47)68-57/h1-39H. The van der Waals surface area contributed by atoms with Gasteiger partial charge in [0.15, 0.2) is 0 Å². The molecule has 0 fully saturated rings. The van der Waals surface area contributed by atoms with E-state index >= 15 is 0 Å². The van der Waals surface area contributed by atoms with Crippen LogP contribution in [-0.4, -0.2) is 38.5 Å². The van der Waals surface area contributed by atoms with Crippen LogP contribution in [0.1, 0.15) is 0 Å². The molecule has 15 rings (SSSR count). The van der Waals surface area contributed by atoms with Gasteiger partial charge < -0.3 is 9.47 Å². The quantitative estimate of drug-likeness (QED) is 0.156. The SMILES string of the molecule is c1cc[c]([Ge]([c]2ccccc2)([c]2ccccc2)[c]2ccc3c(c2)c2ccccc2n3-c2cccc3c2nc2n(-c4cc5c6c(c4)Oc4ccccc4B6c4ccccc4O5)c4ccccc4n32)cc1. The van der Waals surface area contributed by atoms with E-state index in [0.717, 1.165) is 89.6 Å². The van der Waals surface area contributed by atoms with Gasteiger partial charge in [-0.3, -0.25) is 0 Å². The first kappa shape index (κ1) is 38.6. The van der Waals surface area contributed by atoms with Gasteiger partial charge in [0.1, 0.15) is 23.0 Å². The van der Waals surface area contributed by atoms with E-state index in [-0.39, 0.29) is 6.71 Å². The molecule has 3 aromatic heterocycles. The van der Waals surface area contributed by atoms with Crippen LogP contribution in [-0.2, 0) is 0 Å². The normalized spacial score (nSPS) is 12.8. The average Bonchev–Trinajstić information content (AvgIpc) is 4.07. The van der Waals surface area contributed by atoms with Crippen molar-refractivity contribution in [2.24, 2.45) is 0 Å². The van der Waals surface area contributed by atoms with Crippen molar-refractivity contribution in [1.82, 2.24) is 18.5 Å². The van der Waals surface area contributed by atoms with Crippen LogP contribution in [0, 0.1) is 0 Å². The van der Waals surface area contributed by atoms with Gasteiger partial charge in [-0.25, -0.2) is 0 Å². The first-order valence-corrected chi connectivity index (χ1v) is 27.8. The molecule has 69 heavy (non-hydrogen) atoms. The van der Waals surface area contributed by atoms with E-state index in [9.17, 15) is 0 Å². The van der Waals surface area contributed by atoms with E-state index in [1.165, 1.54) is 28.4 Å². The molecule has 322 valence electrons. The third kappa shape index (κ3) is 5.42. The van der Waals surface area contributed by atoms with E-state index < -0.39 is 13.3 Å². The molecule has 2 aliphatic rings. The average molecular weight is 943 g/mol. The number of hydrogen-bond acceptors (Lipinski definition) is 3. The van der Waals surface area contributed by atoms with Crippen LogP contribution >= 0.6 is 0 Å². The molecular weight excluding hydrogens is 904 g/mol. The minimum atomic E-state index is -3.57. The van der Waals surface area contributed by atoms with Crippen LogP contribution in [0.5, 0.6) is 23.0 Å². The second kappa shape index (κ2) is 14.7. The third-order valence-corrected chi connectivity index (χ3v) is 24.7. The van der Waals surface area contributed by atoms with Crippen molar-refractivity contribution in [3.63, 3.8) is 0 Å². The van der Waals surface area contributed by atoms with Crippen molar-refractivity contribution >= 4 is 104 Å². The number of imidazole rings is 2. The summed E-state index contributed by atoms with van der Waals surface area (Å²) in [4.78, 5) is 5.68. The molecule has 5 heterocycles. The predicted octanol–water partition coefficient (Wildman–Crippen LogP) is 9.63. The molecule has 0 radical (unpaired) electrons. The molecule has 0 amide bonds. The van der Waals surface area contributed by atoms with E-state index in [1.54, 1.807) is 0 Å². The summed E-state index contributed by atoms with van der Waals surface area (Å²) < 4.78 is 26.2. The Morgan fingerprint density at radius 2 is 0.899 bits per heavy atom. The number of hydrogen-bond donors (Lipinski definition) is 0. The van der Waals surface area contributed by atoms with Crippen LogP contribution in [0.2, 0.25) is 0 Å². The Bertz CT molecular complexity index is 4050. The summed E-state index contributed by atoms with van der Waals surface area (Å²) in [5.74, 6) is 4.11. The fourth-order valence-electron chi connectivity index (χ4n) is 11.9. The molecular formula is C61H39BGeN4O2. The van der Waals surface area contributed by atoms with Crippen LogP contribution in [0.4, 0.5) is 0 Å². The summed E-state index contributed by atoms with van der Waals surface area (Å²) in [7, 11) is 0. The molecule has 6 nitrogen and oxygen atoms in total. The Labute approximate surface area is 400 Å². The topological polar surface area (TPSA) is 45.6 Å². The molecule has 0 saturated carbocycles.